The molecule has 0 fully saturated rings. The van der Waals surface area contributed by atoms with E-state index in [1.165, 1.54) is 0 Å². The van der Waals surface area contributed by atoms with Crippen LogP contribution in [-0.4, -0.2) is 23.8 Å². The van der Waals surface area contributed by atoms with Crippen molar-refractivity contribution in [1.82, 2.24) is 0 Å². The highest BCUT2D eigenvalue weighted by atomic mass is 35.5. The smallest absolute Gasteiger partial charge is 0.331 e. The van der Waals surface area contributed by atoms with Crippen molar-refractivity contribution >= 4 is 34.6 Å². The van der Waals surface area contributed by atoms with Gasteiger partial charge in [-0.1, -0.05) is 66.2 Å². The third-order valence-corrected chi connectivity index (χ3v) is 4.50. The molecule has 0 heterocycles. The monoisotopic (exact) mass is 393 g/mol. The Morgan fingerprint density at radius 3 is 2.43 bits per heavy atom. The number of hydrogen-bond acceptors (Lipinski definition) is 3. The quantitative estimate of drug-likeness (QED) is 0.402. The van der Waals surface area contributed by atoms with E-state index in [9.17, 15) is 4.79 Å². The number of fused-ring (bicyclic) bond motifs is 1. The van der Waals surface area contributed by atoms with Gasteiger partial charge < -0.3 is 4.74 Å². The van der Waals surface area contributed by atoms with Gasteiger partial charge in [0.15, 0.2) is 6.04 Å². The van der Waals surface area contributed by atoms with Crippen LogP contribution in [0.1, 0.15) is 31.9 Å². The lowest BCUT2D eigenvalue weighted by molar-refractivity contribution is -0.156. The molecule has 0 saturated heterocycles. The van der Waals surface area contributed by atoms with Gasteiger partial charge in [0.05, 0.1) is 0 Å². The topological polar surface area (TPSA) is 38.7 Å². The summed E-state index contributed by atoms with van der Waals surface area (Å²) >= 11 is 5.94. The molecule has 144 valence electrons. The van der Waals surface area contributed by atoms with Gasteiger partial charge in [-0.25, -0.2) is 4.79 Å². The van der Waals surface area contributed by atoms with Gasteiger partial charge in [0, 0.05) is 17.7 Å². The molecule has 28 heavy (non-hydrogen) atoms. The third-order valence-electron chi connectivity index (χ3n) is 4.25. The number of carbonyl (C=O) groups is 1. The van der Waals surface area contributed by atoms with Crippen molar-refractivity contribution in [2.45, 2.75) is 38.8 Å². The Morgan fingerprint density at radius 2 is 1.71 bits per heavy atom. The number of esters is 1. The summed E-state index contributed by atoms with van der Waals surface area (Å²) in [5.74, 6) is -0.328. The number of nitrogens with zero attached hydrogens (tertiary/aromatic N) is 1. The molecule has 3 nitrogen and oxygen atoms in total. The number of benzene rings is 3. The van der Waals surface area contributed by atoms with Gasteiger partial charge in [-0.2, -0.15) is 0 Å². The highest BCUT2D eigenvalue weighted by Gasteiger charge is 2.25. The van der Waals surface area contributed by atoms with Crippen LogP contribution in [0.4, 0.5) is 0 Å². The predicted octanol–water partition coefficient (Wildman–Crippen LogP) is 5.87. The van der Waals surface area contributed by atoms with E-state index in [0.717, 1.165) is 21.9 Å². The molecule has 0 bridgehead atoms. The maximum Gasteiger partial charge on any atom is 0.331 e. The van der Waals surface area contributed by atoms with E-state index in [0.29, 0.717) is 11.4 Å². The fourth-order valence-electron chi connectivity index (χ4n) is 2.97. The van der Waals surface area contributed by atoms with E-state index in [1.54, 1.807) is 18.3 Å². The Balaban J connectivity index is 1.91. The SMILES string of the molecule is CC(C)(C)OC(=O)[C@H](Cc1cccc2ccccc12)N=Cc1ccc(Cl)cc1. The second kappa shape index (κ2) is 8.57. The normalized spacial score (nSPS) is 13.0. The van der Waals surface area contributed by atoms with Crippen molar-refractivity contribution < 1.29 is 9.53 Å². The average Bonchev–Trinajstić information content (AvgIpc) is 2.65. The number of halogens is 1. The van der Waals surface area contributed by atoms with E-state index < -0.39 is 11.6 Å². The van der Waals surface area contributed by atoms with Gasteiger partial charge in [0.25, 0.3) is 0 Å². The minimum atomic E-state index is -0.624. The molecular weight excluding hydrogens is 370 g/mol. The Bertz CT molecular complexity index is 982. The van der Waals surface area contributed by atoms with Gasteiger partial charge in [-0.05, 0) is 54.8 Å². The van der Waals surface area contributed by atoms with Crippen LogP contribution in [0.3, 0.4) is 0 Å². The Kier molecular flexibility index (Phi) is 6.15. The predicted molar refractivity (Wildman–Crippen MR) is 116 cm³/mol. The molecule has 3 aromatic carbocycles. The van der Waals surface area contributed by atoms with Gasteiger partial charge in [0.1, 0.15) is 5.60 Å². The lowest BCUT2D eigenvalue weighted by Gasteiger charge is -2.22. The fraction of sp³-hybridized carbons (Fsp3) is 0.250. The summed E-state index contributed by atoms with van der Waals surface area (Å²) < 4.78 is 5.62. The number of hydrogen-bond donors (Lipinski definition) is 0. The molecule has 0 aliphatic heterocycles. The summed E-state index contributed by atoms with van der Waals surface area (Å²) in [6.07, 6.45) is 2.18. The summed E-state index contributed by atoms with van der Waals surface area (Å²) in [7, 11) is 0. The minimum absolute atomic E-state index is 0.328. The maximum atomic E-state index is 12.8. The molecule has 3 rings (SSSR count). The van der Waals surface area contributed by atoms with Crippen LogP contribution < -0.4 is 0 Å². The number of carbonyl (C=O) groups excluding carboxylic acids is 1. The van der Waals surface area contributed by atoms with E-state index in [4.69, 9.17) is 16.3 Å². The maximum absolute atomic E-state index is 12.8. The first-order valence-corrected chi connectivity index (χ1v) is 9.68. The van der Waals surface area contributed by atoms with Crippen molar-refractivity contribution in [2.75, 3.05) is 0 Å². The van der Waals surface area contributed by atoms with Crippen LogP contribution in [0.2, 0.25) is 5.02 Å². The van der Waals surface area contributed by atoms with Gasteiger partial charge in [-0.15, -0.1) is 0 Å². The molecular formula is C24H24ClNO2. The standard InChI is InChI=1S/C24H24ClNO2/c1-24(2,3)28-23(27)22(26-16-17-11-13-20(25)14-12-17)15-19-9-6-8-18-7-4-5-10-21(18)19/h4-14,16,22H,15H2,1-3H3/t22-/m0/s1. The van der Waals surface area contributed by atoms with E-state index in [-0.39, 0.29) is 5.97 Å². The largest absolute Gasteiger partial charge is 0.458 e. The van der Waals surface area contributed by atoms with Crippen molar-refractivity contribution in [3.05, 3.63) is 82.9 Å². The molecule has 0 amide bonds. The first-order chi connectivity index (χ1) is 13.3. The van der Waals surface area contributed by atoms with Crippen molar-refractivity contribution in [1.29, 1.82) is 0 Å². The number of ether oxygens (including phenoxy) is 1. The first-order valence-electron chi connectivity index (χ1n) is 9.30. The molecule has 0 N–H and O–H groups in total. The number of aliphatic imine (C=N–C) groups is 1. The van der Waals surface area contributed by atoms with E-state index in [1.807, 2.05) is 57.2 Å². The number of rotatable bonds is 5. The van der Waals surface area contributed by atoms with Crippen LogP contribution in [0.15, 0.2) is 71.7 Å². The molecule has 3 aromatic rings. The van der Waals surface area contributed by atoms with Gasteiger partial charge in [0.2, 0.25) is 0 Å². The zero-order chi connectivity index (χ0) is 20.1. The van der Waals surface area contributed by atoms with Crippen LogP contribution in [0.25, 0.3) is 10.8 Å². The molecule has 0 aromatic heterocycles. The third kappa shape index (κ3) is 5.43. The average molecular weight is 394 g/mol. The van der Waals surface area contributed by atoms with Crippen molar-refractivity contribution in [3.63, 3.8) is 0 Å². The zero-order valence-electron chi connectivity index (χ0n) is 16.4. The Hall–Kier alpha value is -2.65. The second-order valence-corrected chi connectivity index (χ2v) is 8.16. The molecule has 0 spiro atoms. The Labute approximate surface area is 171 Å². The highest BCUT2D eigenvalue weighted by Crippen LogP contribution is 2.22. The summed E-state index contributed by atoms with van der Waals surface area (Å²) in [6, 6.07) is 21.0. The lowest BCUT2D eigenvalue weighted by Crippen LogP contribution is -2.32. The zero-order valence-corrected chi connectivity index (χ0v) is 17.1. The van der Waals surface area contributed by atoms with Crippen LogP contribution in [0, 0.1) is 0 Å². The second-order valence-electron chi connectivity index (χ2n) is 7.72. The fourth-order valence-corrected chi connectivity index (χ4v) is 3.10. The van der Waals surface area contributed by atoms with Gasteiger partial charge >= 0.3 is 5.97 Å². The Morgan fingerprint density at radius 1 is 1.04 bits per heavy atom. The molecule has 0 saturated carbocycles. The van der Waals surface area contributed by atoms with E-state index >= 15 is 0 Å². The van der Waals surface area contributed by atoms with Crippen molar-refractivity contribution in [2.24, 2.45) is 4.99 Å². The minimum Gasteiger partial charge on any atom is -0.458 e. The van der Waals surface area contributed by atoms with Crippen LogP contribution in [-0.2, 0) is 16.0 Å². The molecule has 1 atom stereocenters. The highest BCUT2D eigenvalue weighted by molar-refractivity contribution is 6.30. The summed E-state index contributed by atoms with van der Waals surface area (Å²) in [5.41, 5.74) is 1.39. The molecule has 4 heteroatoms. The van der Waals surface area contributed by atoms with Crippen molar-refractivity contribution in [3.8, 4) is 0 Å². The van der Waals surface area contributed by atoms with Crippen LogP contribution in [0.5, 0.6) is 0 Å². The summed E-state index contributed by atoms with van der Waals surface area (Å²) in [6.45, 7) is 5.59. The molecule has 0 unspecified atom stereocenters. The summed E-state index contributed by atoms with van der Waals surface area (Å²) in [5, 5.41) is 2.93. The molecule has 0 aliphatic carbocycles. The van der Waals surface area contributed by atoms with Crippen LogP contribution >= 0.6 is 11.6 Å². The van der Waals surface area contributed by atoms with Gasteiger partial charge in [-0.3, -0.25) is 4.99 Å². The van der Waals surface area contributed by atoms with E-state index in [2.05, 4.69) is 23.2 Å². The lowest BCUT2D eigenvalue weighted by atomic mass is 9.99. The molecule has 0 aliphatic rings. The summed E-state index contributed by atoms with van der Waals surface area (Å²) in [4.78, 5) is 17.4. The molecule has 0 radical (unpaired) electrons. The first kappa shape index (κ1) is 20.1.